The van der Waals surface area contributed by atoms with E-state index in [1.807, 2.05) is 31.3 Å². The van der Waals surface area contributed by atoms with Crippen LogP contribution in [-0.4, -0.2) is 24.2 Å². The minimum absolute atomic E-state index is 0.118. The lowest BCUT2D eigenvalue weighted by Crippen LogP contribution is -2.39. The Balaban J connectivity index is 1.29. The predicted molar refractivity (Wildman–Crippen MR) is 132 cm³/mol. The number of nitrogens with one attached hydrogen (secondary N) is 3. The van der Waals surface area contributed by atoms with Gasteiger partial charge in [-0.15, -0.1) is 0 Å². The molecule has 1 unspecified atom stereocenters. The van der Waals surface area contributed by atoms with Gasteiger partial charge in [0.25, 0.3) is 0 Å². The molecule has 1 aromatic heterocycles. The monoisotopic (exact) mass is 461 g/mol. The van der Waals surface area contributed by atoms with Crippen molar-refractivity contribution in [3.63, 3.8) is 0 Å². The van der Waals surface area contributed by atoms with E-state index in [-0.39, 0.29) is 18.0 Å². The first-order valence-electron chi connectivity index (χ1n) is 11.6. The Bertz CT molecular complexity index is 1210. The van der Waals surface area contributed by atoms with Crippen molar-refractivity contribution in [2.24, 2.45) is 0 Å². The molecule has 8 heteroatoms. The summed E-state index contributed by atoms with van der Waals surface area (Å²) in [4.78, 5) is 17.5. The van der Waals surface area contributed by atoms with Gasteiger partial charge < -0.3 is 25.6 Å². The van der Waals surface area contributed by atoms with Gasteiger partial charge in [0.05, 0.1) is 11.4 Å². The fraction of sp³-hybridized carbons (Fsp3) is 0.308. The van der Waals surface area contributed by atoms with Crippen LogP contribution in [0.2, 0.25) is 0 Å². The summed E-state index contributed by atoms with van der Waals surface area (Å²) in [5, 5.41) is 9.61. The summed E-state index contributed by atoms with van der Waals surface area (Å²) in [6, 6.07) is 14.5. The lowest BCUT2D eigenvalue weighted by atomic mass is 9.96. The van der Waals surface area contributed by atoms with Crippen LogP contribution in [-0.2, 0) is 4.79 Å². The first-order chi connectivity index (χ1) is 16.5. The normalized spacial score (nSPS) is 17.3. The van der Waals surface area contributed by atoms with Gasteiger partial charge in [0.15, 0.2) is 6.29 Å². The van der Waals surface area contributed by atoms with Gasteiger partial charge in [-0.3, -0.25) is 4.79 Å². The van der Waals surface area contributed by atoms with Crippen molar-refractivity contribution in [2.75, 3.05) is 27.9 Å². The van der Waals surface area contributed by atoms with Gasteiger partial charge in [-0.1, -0.05) is 12.8 Å². The van der Waals surface area contributed by atoms with E-state index in [9.17, 15) is 9.18 Å². The molecule has 5 rings (SSSR count). The molecule has 2 aliphatic rings. The van der Waals surface area contributed by atoms with Crippen LogP contribution in [0.25, 0.3) is 0 Å². The number of hydrogen-bond acceptors (Lipinski definition) is 6. The van der Waals surface area contributed by atoms with Crippen molar-refractivity contribution >= 4 is 28.8 Å². The second-order valence-electron chi connectivity index (χ2n) is 8.86. The number of anilines is 4. The number of nitrogens with zero attached hydrogens (tertiary/aromatic N) is 2. The first kappa shape index (κ1) is 22.0. The average molecular weight is 462 g/mol. The molecule has 7 nitrogen and oxygen atoms in total. The summed E-state index contributed by atoms with van der Waals surface area (Å²) < 4.78 is 20.4. The maximum atomic E-state index is 14.4. The molecule has 2 heterocycles. The number of carbonyl (C=O) groups excluding carboxylic acids is 1. The zero-order valence-corrected chi connectivity index (χ0v) is 19.3. The summed E-state index contributed by atoms with van der Waals surface area (Å²) in [7, 11) is 2.00. The number of pyridine rings is 1. The van der Waals surface area contributed by atoms with Crippen LogP contribution in [0.4, 0.5) is 27.3 Å². The molecule has 2 aromatic carbocycles. The Kier molecular flexibility index (Phi) is 5.96. The zero-order chi connectivity index (χ0) is 23.7. The highest BCUT2D eigenvalue weighted by molar-refractivity contribution is 5.87. The number of carbonyl (C=O) groups is 1. The summed E-state index contributed by atoms with van der Waals surface area (Å²) in [5.41, 5.74) is 3.65. The van der Waals surface area contributed by atoms with Crippen LogP contribution in [0, 0.1) is 5.82 Å². The van der Waals surface area contributed by atoms with Crippen LogP contribution in [0.5, 0.6) is 11.5 Å². The van der Waals surface area contributed by atoms with Crippen LogP contribution in [0.3, 0.4) is 0 Å². The highest BCUT2D eigenvalue weighted by Gasteiger charge is 2.27. The minimum atomic E-state index is -0.190. The van der Waals surface area contributed by atoms with Crippen LogP contribution in [0.15, 0.2) is 54.7 Å². The molecule has 1 atom stereocenters. The van der Waals surface area contributed by atoms with Crippen LogP contribution < -0.4 is 25.6 Å². The fourth-order valence-corrected chi connectivity index (χ4v) is 4.72. The predicted octanol–water partition coefficient (Wildman–Crippen LogP) is 5.89. The number of hydrogen-bond donors (Lipinski definition) is 3. The molecule has 3 N–H and O–H groups in total. The molecule has 1 amide bonds. The van der Waals surface area contributed by atoms with Crippen molar-refractivity contribution in [3.05, 3.63) is 66.1 Å². The number of fused-ring (bicyclic) bond motifs is 1. The van der Waals surface area contributed by atoms with E-state index >= 15 is 0 Å². The topological polar surface area (TPSA) is 78.5 Å². The molecule has 1 aliphatic carbocycles. The molecule has 3 aromatic rings. The van der Waals surface area contributed by atoms with E-state index in [0.29, 0.717) is 23.2 Å². The average Bonchev–Trinajstić information content (AvgIpc) is 3.44. The van der Waals surface area contributed by atoms with Gasteiger partial charge >= 0.3 is 0 Å². The van der Waals surface area contributed by atoms with Crippen molar-refractivity contribution in [2.45, 2.75) is 44.8 Å². The van der Waals surface area contributed by atoms with Gasteiger partial charge in [-0.2, -0.15) is 0 Å². The molecule has 1 aliphatic heterocycles. The Morgan fingerprint density at radius 2 is 1.91 bits per heavy atom. The van der Waals surface area contributed by atoms with Gasteiger partial charge in [-0.25, -0.2) is 9.37 Å². The second-order valence-corrected chi connectivity index (χ2v) is 8.86. The van der Waals surface area contributed by atoms with E-state index in [1.54, 1.807) is 30.5 Å². The van der Waals surface area contributed by atoms with E-state index in [0.717, 1.165) is 35.5 Å². The number of benzene rings is 2. The smallest absolute Gasteiger partial charge is 0.222 e. The lowest BCUT2D eigenvalue weighted by Gasteiger charge is -2.24. The van der Waals surface area contributed by atoms with Gasteiger partial charge in [0, 0.05) is 38.0 Å². The maximum Gasteiger partial charge on any atom is 0.222 e. The van der Waals surface area contributed by atoms with Crippen molar-refractivity contribution in [3.8, 4) is 11.5 Å². The maximum absolute atomic E-state index is 14.4. The number of aromatic nitrogens is 1. The molecule has 0 radical (unpaired) electrons. The molecular weight excluding hydrogens is 433 g/mol. The SMILES string of the molecule is CC(=O)Nc1cc(Oc2ccc3c(c2)NC(Nc2ccc(F)c(C4CCCC4)c2)N3C)ccn1. The van der Waals surface area contributed by atoms with Gasteiger partial charge in [-0.05, 0) is 60.7 Å². The number of ether oxygens (including phenoxy) is 1. The fourth-order valence-electron chi connectivity index (χ4n) is 4.72. The number of amides is 1. The summed E-state index contributed by atoms with van der Waals surface area (Å²) in [5.74, 6) is 1.67. The van der Waals surface area contributed by atoms with E-state index < -0.39 is 0 Å². The third-order valence-electron chi connectivity index (χ3n) is 6.39. The quantitative estimate of drug-likeness (QED) is 0.425. The van der Waals surface area contributed by atoms with Crippen molar-refractivity contribution in [1.29, 1.82) is 0 Å². The second kappa shape index (κ2) is 9.21. The molecular formula is C26H28FN5O2. The minimum Gasteiger partial charge on any atom is -0.457 e. The van der Waals surface area contributed by atoms with Crippen molar-refractivity contribution < 1.29 is 13.9 Å². The van der Waals surface area contributed by atoms with Gasteiger partial charge in [0.2, 0.25) is 5.91 Å². The van der Waals surface area contributed by atoms with Crippen LogP contribution in [0.1, 0.15) is 44.1 Å². The summed E-state index contributed by atoms with van der Waals surface area (Å²) >= 11 is 0. The summed E-state index contributed by atoms with van der Waals surface area (Å²) in [6.45, 7) is 1.43. The lowest BCUT2D eigenvalue weighted by molar-refractivity contribution is -0.114. The molecule has 0 saturated heterocycles. The molecule has 0 spiro atoms. The first-order valence-corrected chi connectivity index (χ1v) is 11.6. The van der Waals surface area contributed by atoms with E-state index in [2.05, 4.69) is 25.8 Å². The Morgan fingerprint density at radius 3 is 2.71 bits per heavy atom. The summed E-state index contributed by atoms with van der Waals surface area (Å²) in [6.07, 6.45) is 5.85. The highest BCUT2D eigenvalue weighted by atomic mass is 19.1. The largest absolute Gasteiger partial charge is 0.457 e. The standard InChI is InChI=1S/C26H28FN5O2/c1-16(33)29-25-15-20(11-12-28-25)34-19-8-10-24-23(14-19)31-26(32(24)2)30-18-7-9-22(27)21(13-18)17-5-3-4-6-17/h7-15,17,26,30-31H,3-6H2,1-2H3,(H,28,29,33). The van der Waals surface area contributed by atoms with Crippen molar-refractivity contribution in [1.82, 2.24) is 4.98 Å². The number of halogens is 1. The highest BCUT2D eigenvalue weighted by Crippen LogP contribution is 2.39. The third kappa shape index (κ3) is 4.62. The molecule has 1 fully saturated rings. The number of rotatable bonds is 6. The Labute approximate surface area is 198 Å². The third-order valence-corrected chi connectivity index (χ3v) is 6.39. The van der Waals surface area contributed by atoms with E-state index in [1.165, 1.54) is 19.8 Å². The van der Waals surface area contributed by atoms with E-state index in [4.69, 9.17) is 4.74 Å². The Hall–Kier alpha value is -3.81. The van der Waals surface area contributed by atoms with Crippen LogP contribution >= 0.6 is 0 Å². The molecule has 176 valence electrons. The zero-order valence-electron chi connectivity index (χ0n) is 19.3. The Morgan fingerprint density at radius 1 is 1.12 bits per heavy atom. The molecule has 0 bridgehead atoms. The van der Waals surface area contributed by atoms with Gasteiger partial charge in [0.1, 0.15) is 23.1 Å². The molecule has 1 saturated carbocycles. The molecule has 34 heavy (non-hydrogen) atoms.